The third-order valence-electron chi connectivity index (χ3n) is 3.65. The lowest BCUT2D eigenvalue weighted by atomic mass is 10.00. The molecule has 0 fully saturated rings. The Morgan fingerprint density at radius 2 is 2.24 bits per heavy atom. The molecular formula is C17H28IN5OS. The highest BCUT2D eigenvalue weighted by Crippen LogP contribution is 2.23. The summed E-state index contributed by atoms with van der Waals surface area (Å²) in [6.07, 6.45) is 4.86. The molecule has 1 unspecified atom stereocenters. The molecule has 0 aliphatic carbocycles. The maximum atomic E-state index is 10.5. The van der Waals surface area contributed by atoms with Crippen LogP contribution < -0.4 is 10.6 Å². The van der Waals surface area contributed by atoms with Gasteiger partial charge in [0.1, 0.15) is 5.60 Å². The normalized spacial score (nSPS) is 13.8. The molecule has 0 aliphatic rings. The van der Waals surface area contributed by atoms with Crippen LogP contribution in [0, 0.1) is 6.92 Å². The average molecular weight is 477 g/mol. The van der Waals surface area contributed by atoms with E-state index in [1.807, 2.05) is 47.7 Å². The fourth-order valence-electron chi connectivity index (χ4n) is 2.27. The van der Waals surface area contributed by atoms with E-state index in [1.54, 1.807) is 18.3 Å². The Morgan fingerprint density at radius 1 is 1.44 bits per heavy atom. The SMILES string of the molecule is CCNC(=NCC(C)(O)c1ccsc1)NCCCn1cc(C)cn1.I. The van der Waals surface area contributed by atoms with Gasteiger partial charge in [0.15, 0.2) is 5.96 Å². The molecule has 0 aromatic carbocycles. The Kier molecular flexibility index (Phi) is 9.44. The standard InChI is InChI=1S/C17H27N5OS.HI/c1-4-18-16(19-7-5-8-22-11-14(2)10-21-22)20-13-17(3,23)15-6-9-24-12-15;/h6,9-12,23H,4-5,7-8,13H2,1-3H3,(H2,18,19,20);1H. The Balaban J connectivity index is 0.00000312. The van der Waals surface area contributed by atoms with Crippen molar-refractivity contribution in [1.82, 2.24) is 20.4 Å². The van der Waals surface area contributed by atoms with E-state index in [0.29, 0.717) is 6.54 Å². The van der Waals surface area contributed by atoms with E-state index in [0.717, 1.165) is 37.6 Å². The molecule has 2 heterocycles. The minimum atomic E-state index is -0.949. The maximum Gasteiger partial charge on any atom is 0.191 e. The summed E-state index contributed by atoms with van der Waals surface area (Å²) in [5, 5.41) is 25.3. The number of halogens is 1. The van der Waals surface area contributed by atoms with Crippen LogP contribution >= 0.6 is 35.3 Å². The van der Waals surface area contributed by atoms with Crippen molar-refractivity contribution in [3.63, 3.8) is 0 Å². The second-order valence-corrected chi connectivity index (χ2v) is 6.82. The molecule has 0 spiro atoms. The van der Waals surface area contributed by atoms with Gasteiger partial charge in [-0.2, -0.15) is 16.4 Å². The van der Waals surface area contributed by atoms with Crippen LogP contribution in [0.25, 0.3) is 0 Å². The smallest absolute Gasteiger partial charge is 0.191 e. The van der Waals surface area contributed by atoms with Crippen molar-refractivity contribution in [2.45, 2.75) is 39.3 Å². The molecule has 2 aromatic heterocycles. The number of aliphatic imine (C=N–C) groups is 1. The zero-order valence-electron chi connectivity index (χ0n) is 15.0. The van der Waals surface area contributed by atoms with E-state index in [4.69, 9.17) is 0 Å². The average Bonchev–Trinajstić information content (AvgIpc) is 3.21. The van der Waals surface area contributed by atoms with E-state index < -0.39 is 5.60 Å². The molecule has 1 atom stereocenters. The van der Waals surface area contributed by atoms with Crippen LogP contribution in [-0.4, -0.2) is 40.5 Å². The largest absolute Gasteiger partial charge is 0.383 e. The van der Waals surface area contributed by atoms with Gasteiger partial charge >= 0.3 is 0 Å². The third-order valence-corrected chi connectivity index (χ3v) is 4.33. The van der Waals surface area contributed by atoms with Crippen LogP contribution in [0.5, 0.6) is 0 Å². The van der Waals surface area contributed by atoms with E-state index >= 15 is 0 Å². The fourth-order valence-corrected chi connectivity index (χ4v) is 3.06. The number of aromatic nitrogens is 2. The summed E-state index contributed by atoms with van der Waals surface area (Å²) >= 11 is 1.58. The summed E-state index contributed by atoms with van der Waals surface area (Å²) in [6, 6.07) is 1.94. The predicted octanol–water partition coefficient (Wildman–Crippen LogP) is 2.72. The first-order valence-corrected chi connectivity index (χ1v) is 9.22. The van der Waals surface area contributed by atoms with Crippen molar-refractivity contribution in [2.24, 2.45) is 4.99 Å². The van der Waals surface area contributed by atoms with Crippen LogP contribution in [0.1, 0.15) is 31.4 Å². The Morgan fingerprint density at radius 3 is 2.84 bits per heavy atom. The molecule has 0 bridgehead atoms. The predicted molar refractivity (Wildman–Crippen MR) is 115 cm³/mol. The van der Waals surface area contributed by atoms with Crippen molar-refractivity contribution < 1.29 is 5.11 Å². The van der Waals surface area contributed by atoms with Gasteiger partial charge in [0.25, 0.3) is 0 Å². The quantitative estimate of drug-likeness (QED) is 0.237. The third kappa shape index (κ3) is 7.33. The fraction of sp³-hybridized carbons (Fsp3) is 0.529. The van der Waals surface area contributed by atoms with Crippen molar-refractivity contribution >= 4 is 41.3 Å². The zero-order valence-corrected chi connectivity index (χ0v) is 18.2. The summed E-state index contributed by atoms with van der Waals surface area (Å²) in [6.45, 7) is 8.63. The molecule has 2 rings (SSSR count). The number of aliphatic hydroxyl groups is 1. The van der Waals surface area contributed by atoms with Crippen molar-refractivity contribution in [3.8, 4) is 0 Å². The van der Waals surface area contributed by atoms with Crippen LogP contribution in [0.4, 0.5) is 0 Å². The van der Waals surface area contributed by atoms with E-state index in [2.05, 4.69) is 20.7 Å². The number of guanidine groups is 1. The van der Waals surface area contributed by atoms with E-state index in [1.165, 1.54) is 5.56 Å². The lowest BCUT2D eigenvalue weighted by Crippen LogP contribution is -2.39. The number of hydrogen-bond donors (Lipinski definition) is 3. The summed E-state index contributed by atoms with van der Waals surface area (Å²) in [4.78, 5) is 4.52. The van der Waals surface area contributed by atoms with Crippen LogP contribution in [0.15, 0.2) is 34.2 Å². The van der Waals surface area contributed by atoms with Gasteiger partial charge in [-0.1, -0.05) is 0 Å². The second-order valence-electron chi connectivity index (χ2n) is 6.04. The molecule has 3 N–H and O–H groups in total. The molecule has 0 saturated carbocycles. The highest BCUT2D eigenvalue weighted by molar-refractivity contribution is 14.0. The van der Waals surface area contributed by atoms with Gasteiger partial charge in [-0.25, -0.2) is 4.99 Å². The molecule has 25 heavy (non-hydrogen) atoms. The van der Waals surface area contributed by atoms with Gasteiger partial charge in [0.2, 0.25) is 0 Å². The molecule has 6 nitrogen and oxygen atoms in total. The summed E-state index contributed by atoms with van der Waals surface area (Å²) in [5.41, 5.74) is 1.13. The van der Waals surface area contributed by atoms with Crippen LogP contribution in [0.3, 0.4) is 0 Å². The molecule has 2 aromatic rings. The lowest BCUT2D eigenvalue weighted by Gasteiger charge is -2.21. The summed E-state index contributed by atoms with van der Waals surface area (Å²) in [7, 11) is 0. The number of aryl methyl sites for hydroxylation is 2. The minimum Gasteiger partial charge on any atom is -0.383 e. The van der Waals surface area contributed by atoms with Gasteiger partial charge in [-0.3, -0.25) is 4.68 Å². The van der Waals surface area contributed by atoms with Crippen LogP contribution in [-0.2, 0) is 12.1 Å². The van der Waals surface area contributed by atoms with Crippen molar-refractivity contribution in [1.29, 1.82) is 0 Å². The first-order chi connectivity index (χ1) is 11.5. The van der Waals surface area contributed by atoms with Gasteiger partial charge in [-0.05, 0) is 55.1 Å². The molecule has 0 radical (unpaired) electrons. The summed E-state index contributed by atoms with van der Waals surface area (Å²) < 4.78 is 1.95. The number of nitrogens with one attached hydrogen (secondary N) is 2. The second kappa shape index (κ2) is 10.8. The molecule has 8 heteroatoms. The molecule has 0 amide bonds. The number of rotatable bonds is 8. The monoisotopic (exact) mass is 477 g/mol. The Labute approximate surface area is 170 Å². The minimum absolute atomic E-state index is 0. The van der Waals surface area contributed by atoms with Gasteiger partial charge in [0, 0.05) is 25.8 Å². The van der Waals surface area contributed by atoms with Gasteiger partial charge in [-0.15, -0.1) is 24.0 Å². The highest BCUT2D eigenvalue weighted by Gasteiger charge is 2.23. The Bertz CT molecular complexity index is 639. The summed E-state index contributed by atoms with van der Waals surface area (Å²) in [5.74, 6) is 0.727. The van der Waals surface area contributed by atoms with Crippen molar-refractivity contribution in [2.75, 3.05) is 19.6 Å². The topological polar surface area (TPSA) is 74.5 Å². The van der Waals surface area contributed by atoms with E-state index in [-0.39, 0.29) is 24.0 Å². The maximum absolute atomic E-state index is 10.5. The number of hydrogen-bond acceptors (Lipinski definition) is 4. The number of nitrogens with zero attached hydrogens (tertiary/aromatic N) is 3. The highest BCUT2D eigenvalue weighted by atomic mass is 127. The molecule has 0 aliphatic heterocycles. The van der Waals surface area contributed by atoms with Gasteiger partial charge in [0.05, 0.1) is 12.7 Å². The van der Waals surface area contributed by atoms with Gasteiger partial charge < -0.3 is 15.7 Å². The van der Waals surface area contributed by atoms with E-state index in [9.17, 15) is 5.11 Å². The molecule has 0 saturated heterocycles. The number of thiophene rings is 1. The Hall–Kier alpha value is -1.13. The lowest BCUT2D eigenvalue weighted by molar-refractivity contribution is 0.0677. The molecular weight excluding hydrogens is 449 g/mol. The van der Waals surface area contributed by atoms with Crippen LogP contribution in [0.2, 0.25) is 0 Å². The molecule has 140 valence electrons. The first-order valence-electron chi connectivity index (χ1n) is 8.27. The first kappa shape index (κ1) is 21.9. The zero-order chi connectivity index (χ0) is 17.4. The van der Waals surface area contributed by atoms with Crippen molar-refractivity contribution in [3.05, 3.63) is 40.3 Å².